The lowest BCUT2D eigenvalue weighted by Crippen LogP contribution is -2.30. The maximum Gasteiger partial charge on any atom is 0.127 e. The van der Waals surface area contributed by atoms with Crippen LogP contribution in [0.4, 0.5) is 8.78 Å². The van der Waals surface area contributed by atoms with Crippen molar-refractivity contribution in [3.63, 3.8) is 0 Å². The highest BCUT2D eigenvalue weighted by Gasteiger charge is 2.12. The summed E-state index contributed by atoms with van der Waals surface area (Å²) in [5.41, 5.74) is 4.58. The van der Waals surface area contributed by atoms with E-state index in [1.54, 1.807) is 24.4 Å². The molecule has 0 spiro atoms. The molecule has 0 saturated heterocycles. The molecule has 1 heterocycles. The van der Waals surface area contributed by atoms with Gasteiger partial charge < -0.3 is 5.32 Å². The number of likely N-dealkylation sites (N-methyl/N-ethyl adjacent to an activating group) is 1. The molecule has 0 radical (unpaired) electrons. The maximum atomic E-state index is 14.7. The van der Waals surface area contributed by atoms with Crippen molar-refractivity contribution in [2.45, 2.75) is 13.1 Å². The summed E-state index contributed by atoms with van der Waals surface area (Å²) in [6.45, 7) is 2.61. The smallest absolute Gasteiger partial charge is 0.127 e. The van der Waals surface area contributed by atoms with Crippen LogP contribution in [0.1, 0.15) is 11.1 Å². The summed E-state index contributed by atoms with van der Waals surface area (Å²) in [4.78, 5) is 2.16. The highest BCUT2D eigenvalue weighted by molar-refractivity contribution is 5.84. The van der Waals surface area contributed by atoms with Gasteiger partial charge >= 0.3 is 0 Å². The summed E-state index contributed by atoms with van der Waals surface area (Å²) in [5.74, 6) is -0.481. The molecule has 154 valence electrons. The number of hydrogen-bond donors (Lipinski definition) is 2. The lowest BCUT2D eigenvalue weighted by molar-refractivity contribution is 0.255. The van der Waals surface area contributed by atoms with E-state index >= 15 is 0 Å². The van der Waals surface area contributed by atoms with Gasteiger partial charge in [-0.15, -0.1) is 0 Å². The van der Waals surface area contributed by atoms with E-state index in [1.165, 1.54) is 18.2 Å². The van der Waals surface area contributed by atoms with Crippen LogP contribution in [0.25, 0.3) is 22.0 Å². The monoisotopic (exact) mass is 406 g/mol. The Bertz CT molecular complexity index is 1120. The van der Waals surface area contributed by atoms with Crippen LogP contribution in [0.3, 0.4) is 0 Å². The van der Waals surface area contributed by atoms with Gasteiger partial charge in [0, 0.05) is 37.1 Å². The average molecular weight is 406 g/mol. The van der Waals surface area contributed by atoms with E-state index < -0.39 is 0 Å². The van der Waals surface area contributed by atoms with Crippen LogP contribution in [0.5, 0.6) is 0 Å². The summed E-state index contributed by atoms with van der Waals surface area (Å²) in [5, 5.41) is 11.2. The molecule has 3 aromatic carbocycles. The highest BCUT2D eigenvalue weighted by atomic mass is 19.1. The fraction of sp³-hybridized carbons (Fsp3) is 0.208. The molecular formula is C24H24F2N4. The summed E-state index contributed by atoms with van der Waals surface area (Å²) < 4.78 is 27.9. The quantitative estimate of drug-likeness (QED) is 0.445. The molecule has 4 aromatic rings. The summed E-state index contributed by atoms with van der Waals surface area (Å²) in [7, 11) is 1.89. The molecule has 0 bridgehead atoms. The maximum absolute atomic E-state index is 14.7. The first kappa shape index (κ1) is 20.2. The summed E-state index contributed by atoms with van der Waals surface area (Å²) in [6, 6.07) is 17.7. The van der Waals surface area contributed by atoms with E-state index in [9.17, 15) is 8.78 Å². The Morgan fingerprint density at radius 1 is 0.933 bits per heavy atom. The van der Waals surface area contributed by atoms with Gasteiger partial charge in [0.2, 0.25) is 0 Å². The Balaban J connectivity index is 1.58. The number of aromatic nitrogens is 2. The van der Waals surface area contributed by atoms with Crippen LogP contribution in [-0.4, -0.2) is 35.2 Å². The van der Waals surface area contributed by atoms with Gasteiger partial charge in [-0.2, -0.15) is 5.10 Å². The lowest BCUT2D eigenvalue weighted by Gasteiger charge is -2.23. The van der Waals surface area contributed by atoms with Crippen molar-refractivity contribution in [3.05, 3.63) is 89.6 Å². The van der Waals surface area contributed by atoms with Gasteiger partial charge in [0.15, 0.2) is 0 Å². The molecular weight excluding hydrogens is 382 g/mol. The summed E-state index contributed by atoms with van der Waals surface area (Å²) in [6.07, 6.45) is 1.78. The van der Waals surface area contributed by atoms with Crippen molar-refractivity contribution >= 4 is 10.9 Å². The molecule has 0 amide bonds. The molecule has 6 heteroatoms. The number of rotatable bonds is 8. The number of fused-ring (bicyclic) bond motifs is 1. The lowest BCUT2D eigenvalue weighted by atomic mass is 10.0. The number of halogens is 2. The van der Waals surface area contributed by atoms with Crippen molar-refractivity contribution in [1.82, 2.24) is 20.4 Å². The van der Waals surface area contributed by atoms with Crippen LogP contribution < -0.4 is 5.32 Å². The van der Waals surface area contributed by atoms with Crippen molar-refractivity contribution in [2.24, 2.45) is 0 Å². The predicted molar refractivity (Wildman–Crippen MR) is 116 cm³/mol. The molecule has 4 rings (SSSR count). The molecule has 0 saturated carbocycles. The third-order valence-electron chi connectivity index (χ3n) is 5.21. The van der Waals surface area contributed by atoms with Crippen LogP contribution >= 0.6 is 0 Å². The number of nitrogens with one attached hydrogen (secondary N) is 2. The normalized spacial score (nSPS) is 11.5. The Morgan fingerprint density at radius 2 is 1.70 bits per heavy atom. The third-order valence-corrected chi connectivity index (χ3v) is 5.21. The molecule has 0 aliphatic rings. The van der Waals surface area contributed by atoms with Crippen molar-refractivity contribution in [3.8, 4) is 11.1 Å². The molecule has 0 unspecified atom stereocenters. The number of hydrogen-bond acceptors (Lipinski definition) is 3. The Kier molecular flexibility index (Phi) is 6.16. The van der Waals surface area contributed by atoms with E-state index in [0.29, 0.717) is 18.7 Å². The minimum absolute atomic E-state index is 0.225. The SMILES string of the molecule is CNCCN(Cc1ccc(F)cc1)Cc1cc(-c2ccc3[nH]ncc3c2)ccc1F. The zero-order valence-electron chi connectivity index (χ0n) is 16.8. The number of benzene rings is 3. The van der Waals surface area contributed by atoms with E-state index in [-0.39, 0.29) is 11.6 Å². The first-order valence-corrected chi connectivity index (χ1v) is 9.96. The third kappa shape index (κ3) is 4.72. The zero-order valence-corrected chi connectivity index (χ0v) is 16.8. The van der Waals surface area contributed by atoms with Gasteiger partial charge in [0.25, 0.3) is 0 Å². The predicted octanol–water partition coefficient (Wildman–Crippen LogP) is 4.73. The molecule has 4 nitrogen and oxygen atoms in total. The standard InChI is InChI=1S/C24H24F2N4/c1-27-10-11-30(15-17-2-6-22(25)7-3-17)16-21-13-18(4-8-23(21)26)19-5-9-24-20(12-19)14-28-29-24/h2-9,12-14,27H,10-11,15-16H2,1H3,(H,28,29). The van der Waals surface area contributed by atoms with Crippen molar-refractivity contribution < 1.29 is 8.78 Å². The van der Waals surface area contributed by atoms with Gasteiger partial charge in [-0.05, 0) is 60.1 Å². The van der Waals surface area contributed by atoms with Crippen LogP contribution in [0, 0.1) is 11.6 Å². The number of aromatic amines is 1. The highest BCUT2D eigenvalue weighted by Crippen LogP contribution is 2.26. The molecule has 0 aliphatic carbocycles. The average Bonchev–Trinajstić information content (AvgIpc) is 3.23. The molecule has 0 aliphatic heterocycles. The van der Waals surface area contributed by atoms with E-state index in [2.05, 4.69) is 20.4 Å². The van der Waals surface area contributed by atoms with Gasteiger partial charge in [-0.25, -0.2) is 8.78 Å². The minimum atomic E-state index is -0.256. The largest absolute Gasteiger partial charge is 0.318 e. The van der Waals surface area contributed by atoms with Crippen LogP contribution in [0.2, 0.25) is 0 Å². The van der Waals surface area contributed by atoms with Crippen LogP contribution in [-0.2, 0) is 13.1 Å². The van der Waals surface area contributed by atoms with Gasteiger partial charge in [0.1, 0.15) is 11.6 Å². The second kappa shape index (κ2) is 9.15. The molecule has 2 N–H and O–H groups in total. The first-order chi connectivity index (χ1) is 14.6. The fourth-order valence-electron chi connectivity index (χ4n) is 3.57. The van der Waals surface area contributed by atoms with E-state index in [1.807, 2.05) is 31.3 Å². The second-order valence-corrected chi connectivity index (χ2v) is 7.42. The Hall–Kier alpha value is -3.09. The molecule has 0 atom stereocenters. The van der Waals surface area contributed by atoms with Gasteiger partial charge in [-0.3, -0.25) is 10.00 Å². The number of nitrogens with zero attached hydrogens (tertiary/aromatic N) is 2. The fourth-order valence-corrected chi connectivity index (χ4v) is 3.57. The summed E-state index contributed by atoms with van der Waals surface area (Å²) >= 11 is 0. The Labute approximate surface area is 174 Å². The van der Waals surface area contributed by atoms with E-state index in [0.717, 1.165) is 40.7 Å². The molecule has 30 heavy (non-hydrogen) atoms. The van der Waals surface area contributed by atoms with E-state index in [4.69, 9.17) is 0 Å². The minimum Gasteiger partial charge on any atom is -0.318 e. The first-order valence-electron chi connectivity index (χ1n) is 9.96. The molecule has 1 aromatic heterocycles. The van der Waals surface area contributed by atoms with Crippen molar-refractivity contribution in [1.29, 1.82) is 0 Å². The van der Waals surface area contributed by atoms with Gasteiger partial charge in [-0.1, -0.05) is 24.3 Å². The topological polar surface area (TPSA) is 44.0 Å². The number of H-pyrrole nitrogens is 1. The van der Waals surface area contributed by atoms with Crippen LogP contribution in [0.15, 0.2) is 66.9 Å². The second-order valence-electron chi connectivity index (χ2n) is 7.42. The Morgan fingerprint density at radius 3 is 2.50 bits per heavy atom. The molecule has 0 fully saturated rings. The van der Waals surface area contributed by atoms with Gasteiger partial charge in [0.05, 0.1) is 11.7 Å². The zero-order chi connectivity index (χ0) is 20.9. The van der Waals surface area contributed by atoms with Crippen molar-refractivity contribution in [2.75, 3.05) is 20.1 Å².